The molecule has 2 aromatic rings. The third kappa shape index (κ3) is 2.75. The summed E-state index contributed by atoms with van der Waals surface area (Å²) >= 11 is 3.03. The lowest BCUT2D eigenvalue weighted by Gasteiger charge is -2.12. The van der Waals surface area contributed by atoms with Gasteiger partial charge in [0.15, 0.2) is 0 Å². The van der Waals surface area contributed by atoms with Gasteiger partial charge in [-0.25, -0.2) is 17.2 Å². The normalized spacial score (nSPS) is 11.3. The van der Waals surface area contributed by atoms with E-state index in [4.69, 9.17) is 5.73 Å². The van der Waals surface area contributed by atoms with Crippen molar-refractivity contribution in [3.63, 3.8) is 0 Å². The number of nitrogens with two attached hydrogens (primary N) is 1. The van der Waals surface area contributed by atoms with E-state index in [1.54, 1.807) is 0 Å². The third-order valence-corrected chi connectivity index (χ3v) is 4.57. The SMILES string of the molecule is Nc1c(F)cccc1S(=O)(=O)Nc1c(F)cccc1Br. The van der Waals surface area contributed by atoms with Crippen LogP contribution in [0.15, 0.2) is 45.8 Å². The first-order valence-electron chi connectivity index (χ1n) is 5.34. The van der Waals surface area contributed by atoms with Crippen LogP contribution in [-0.4, -0.2) is 8.42 Å². The predicted octanol–water partition coefficient (Wildman–Crippen LogP) is 3.11. The van der Waals surface area contributed by atoms with Crippen LogP contribution in [0.3, 0.4) is 0 Å². The van der Waals surface area contributed by atoms with Crippen LogP contribution in [0.4, 0.5) is 20.2 Å². The van der Waals surface area contributed by atoms with Gasteiger partial charge in [0.1, 0.15) is 16.5 Å². The number of para-hydroxylation sites is 2. The molecule has 0 amide bonds. The van der Waals surface area contributed by atoms with E-state index in [0.717, 1.165) is 18.2 Å². The van der Waals surface area contributed by atoms with Gasteiger partial charge in [-0.05, 0) is 40.2 Å². The molecule has 8 heteroatoms. The highest BCUT2D eigenvalue weighted by Crippen LogP contribution is 2.29. The van der Waals surface area contributed by atoms with E-state index in [-0.39, 0.29) is 10.2 Å². The maximum absolute atomic E-state index is 13.6. The number of rotatable bonds is 3. The van der Waals surface area contributed by atoms with Gasteiger partial charge in [-0.2, -0.15) is 0 Å². The van der Waals surface area contributed by atoms with Crippen molar-refractivity contribution in [3.05, 3.63) is 52.5 Å². The Balaban J connectivity index is 2.50. The maximum Gasteiger partial charge on any atom is 0.264 e. The molecule has 2 rings (SSSR count). The van der Waals surface area contributed by atoms with Gasteiger partial charge in [-0.1, -0.05) is 12.1 Å². The highest BCUT2D eigenvalue weighted by atomic mass is 79.9. The Morgan fingerprint density at radius 3 is 2.30 bits per heavy atom. The van der Waals surface area contributed by atoms with E-state index in [1.165, 1.54) is 18.2 Å². The molecule has 0 bridgehead atoms. The molecule has 0 saturated heterocycles. The van der Waals surface area contributed by atoms with Gasteiger partial charge in [0, 0.05) is 4.47 Å². The molecule has 20 heavy (non-hydrogen) atoms. The van der Waals surface area contributed by atoms with E-state index in [2.05, 4.69) is 15.9 Å². The molecule has 0 aromatic heterocycles. The van der Waals surface area contributed by atoms with Crippen LogP contribution in [0, 0.1) is 11.6 Å². The minimum absolute atomic E-state index is 0.219. The first kappa shape index (κ1) is 14.7. The summed E-state index contributed by atoms with van der Waals surface area (Å²) in [5.41, 5.74) is 4.61. The van der Waals surface area contributed by atoms with E-state index < -0.39 is 32.2 Å². The van der Waals surface area contributed by atoms with Crippen LogP contribution in [0.25, 0.3) is 0 Å². The van der Waals surface area contributed by atoms with Gasteiger partial charge >= 0.3 is 0 Å². The molecule has 0 aliphatic heterocycles. The van der Waals surface area contributed by atoms with Crippen molar-refractivity contribution >= 4 is 37.3 Å². The van der Waals surface area contributed by atoms with Crippen LogP contribution in [0.2, 0.25) is 0 Å². The molecule has 0 heterocycles. The zero-order valence-electron chi connectivity index (χ0n) is 9.90. The van der Waals surface area contributed by atoms with E-state index in [1.807, 2.05) is 4.72 Å². The van der Waals surface area contributed by atoms with Crippen LogP contribution >= 0.6 is 15.9 Å². The second kappa shape index (κ2) is 5.37. The highest BCUT2D eigenvalue weighted by molar-refractivity contribution is 9.10. The van der Waals surface area contributed by atoms with Crippen molar-refractivity contribution in [3.8, 4) is 0 Å². The maximum atomic E-state index is 13.6. The fourth-order valence-corrected chi connectivity index (χ4v) is 3.34. The Kier molecular flexibility index (Phi) is 3.96. The van der Waals surface area contributed by atoms with Gasteiger partial charge in [0.05, 0.1) is 11.4 Å². The molecule has 0 radical (unpaired) electrons. The number of nitrogen functional groups attached to an aromatic ring is 1. The lowest BCUT2D eigenvalue weighted by atomic mass is 10.3. The number of anilines is 2. The van der Waals surface area contributed by atoms with Gasteiger partial charge in [-0.3, -0.25) is 4.72 Å². The predicted molar refractivity (Wildman–Crippen MR) is 75.7 cm³/mol. The summed E-state index contributed by atoms with van der Waals surface area (Å²) in [6, 6.07) is 7.35. The zero-order chi connectivity index (χ0) is 14.9. The van der Waals surface area contributed by atoms with Gasteiger partial charge < -0.3 is 5.73 Å². The molecule has 0 atom stereocenters. The van der Waals surface area contributed by atoms with Gasteiger partial charge in [0.2, 0.25) is 0 Å². The Labute approximate surface area is 122 Å². The van der Waals surface area contributed by atoms with Gasteiger partial charge in [-0.15, -0.1) is 0 Å². The minimum atomic E-state index is -4.20. The average molecular weight is 363 g/mol. The zero-order valence-corrected chi connectivity index (χ0v) is 12.3. The van der Waals surface area contributed by atoms with Crippen molar-refractivity contribution in [1.29, 1.82) is 0 Å². The summed E-state index contributed by atoms with van der Waals surface area (Å²) in [7, 11) is -4.20. The summed E-state index contributed by atoms with van der Waals surface area (Å²) in [4.78, 5) is -0.451. The molecule has 4 nitrogen and oxygen atoms in total. The summed E-state index contributed by atoms with van der Waals surface area (Å²) in [5, 5.41) is 0. The number of hydrogen-bond donors (Lipinski definition) is 2. The Bertz CT molecular complexity index is 746. The number of sulfonamides is 1. The first-order chi connectivity index (χ1) is 9.33. The Morgan fingerprint density at radius 1 is 1.05 bits per heavy atom. The summed E-state index contributed by atoms with van der Waals surface area (Å²) in [6.45, 7) is 0. The molecule has 106 valence electrons. The largest absolute Gasteiger partial charge is 0.395 e. The fraction of sp³-hybridized carbons (Fsp3) is 0. The fourth-order valence-electron chi connectivity index (χ4n) is 1.54. The smallest absolute Gasteiger partial charge is 0.264 e. The van der Waals surface area contributed by atoms with Crippen molar-refractivity contribution < 1.29 is 17.2 Å². The summed E-state index contributed by atoms with van der Waals surface area (Å²) < 4.78 is 53.4. The molecule has 0 unspecified atom stereocenters. The lowest BCUT2D eigenvalue weighted by Crippen LogP contribution is -2.16. The van der Waals surface area contributed by atoms with Gasteiger partial charge in [0.25, 0.3) is 10.0 Å². The topological polar surface area (TPSA) is 72.2 Å². The number of halogens is 3. The molecule has 0 saturated carbocycles. The van der Waals surface area contributed by atoms with Crippen molar-refractivity contribution in [1.82, 2.24) is 0 Å². The molecule has 0 aliphatic carbocycles. The minimum Gasteiger partial charge on any atom is -0.395 e. The van der Waals surface area contributed by atoms with E-state index in [0.29, 0.717) is 0 Å². The third-order valence-electron chi connectivity index (χ3n) is 2.50. The summed E-state index contributed by atoms with van der Waals surface area (Å²) in [6.07, 6.45) is 0. The van der Waals surface area contributed by atoms with E-state index >= 15 is 0 Å². The summed E-state index contributed by atoms with van der Waals surface area (Å²) in [5.74, 6) is -1.63. The second-order valence-corrected chi connectivity index (χ2v) is 6.36. The Hall–Kier alpha value is -1.67. The second-order valence-electron chi connectivity index (χ2n) is 3.85. The van der Waals surface area contributed by atoms with Crippen molar-refractivity contribution in [2.24, 2.45) is 0 Å². The monoisotopic (exact) mass is 362 g/mol. The lowest BCUT2D eigenvalue weighted by molar-refractivity contribution is 0.595. The molecule has 0 spiro atoms. The molecule has 0 aliphatic rings. The quantitative estimate of drug-likeness (QED) is 0.824. The molecule has 3 N–H and O–H groups in total. The van der Waals surface area contributed by atoms with E-state index in [9.17, 15) is 17.2 Å². The van der Waals surface area contributed by atoms with Crippen molar-refractivity contribution in [2.45, 2.75) is 4.90 Å². The average Bonchev–Trinajstić information content (AvgIpc) is 2.37. The van der Waals surface area contributed by atoms with Crippen LogP contribution in [0.1, 0.15) is 0 Å². The number of benzene rings is 2. The molecule has 2 aromatic carbocycles. The number of hydrogen-bond acceptors (Lipinski definition) is 3. The van der Waals surface area contributed by atoms with Crippen LogP contribution in [0.5, 0.6) is 0 Å². The molecular weight excluding hydrogens is 354 g/mol. The molecular formula is C12H9BrF2N2O2S. The van der Waals surface area contributed by atoms with Crippen LogP contribution < -0.4 is 10.5 Å². The first-order valence-corrected chi connectivity index (χ1v) is 7.61. The Morgan fingerprint density at radius 2 is 1.65 bits per heavy atom. The number of nitrogens with one attached hydrogen (secondary N) is 1. The standard InChI is InChI=1S/C12H9BrF2N2O2S/c13-7-3-1-5-9(15)12(7)17-20(18,19)10-6-2-4-8(14)11(10)16/h1-6,17H,16H2. The van der Waals surface area contributed by atoms with Crippen LogP contribution in [-0.2, 0) is 10.0 Å². The highest BCUT2D eigenvalue weighted by Gasteiger charge is 2.22. The van der Waals surface area contributed by atoms with Crippen molar-refractivity contribution in [2.75, 3.05) is 10.5 Å². The molecule has 0 fully saturated rings.